The van der Waals surface area contributed by atoms with E-state index in [2.05, 4.69) is 27.4 Å². The van der Waals surface area contributed by atoms with Crippen LogP contribution in [-0.2, 0) is 0 Å². The first-order chi connectivity index (χ1) is 5.07. The maximum atomic E-state index is 5.49. The number of nitrogens with two attached hydrogens (primary N) is 1. The zero-order valence-electron chi connectivity index (χ0n) is 7.85. The molecule has 0 bridgehead atoms. The van der Waals surface area contributed by atoms with Crippen molar-refractivity contribution in [2.24, 2.45) is 11.7 Å². The Balaban J connectivity index is 4.20. The summed E-state index contributed by atoms with van der Waals surface area (Å²) < 4.78 is 0. The second-order valence-electron chi connectivity index (χ2n) is 3.20. The van der Waals surface area contributed by atoms with Crippen molar-refractivity contribution >= 4 is 0 Å². The first kappa shape index (κ1) is 10.3. The summed E-state index contributed by atoms with van der Waals surface area (Å²) in [5.74, 6) is 0.593. The molecule has 0 aliphatic carbocycles. The molecule has 11 heavy (non-hydrogen) atoms. The van der Waals surface area contributed by atoms with Crippen LogP contribution in [-0.4, -0.2) is 0 Å². The molecule has 0 aliphatic rings. The van der Waals surface area contributed by atoms with Crippen molar-refractivity contribution < 1.29 is 0 Å². The van der Waals surface area contributed by atoms with Gasteiger partial charge in [0.1, 0.15) is 0 Å². The number of hydrogen-bond acceptors (Lipinski definition) is 1. The van der Waals surface area contributed by atoms with Crippen molar-refractivity contribution in [3.8, 4) is 0 Å². The molecule has 2 N–H and O–H groups in total. The third kappa shape index (κ3) is 4.65. The summed E-state index contributed by atoms with van der Waals surface area (Å²) in [5.41, 5.74) is 7.56. The molecule has 0 aromatic rings. The quantitative estimate of drug-likeness (QED) is 0.617. The molecule has 64 valence electrons. The molecule has 0 saturated carbocycles. The molecule has 1 heteroatoms. The fraction of sp³-hybridized carbons (Fsp3) is 0.600. The van der Waals surface area contributed by atoms with E-state index in [-0.39, 0.29) is 0 Å². The first-order valence-corrected chi connectivity index (χ1v) is 4.22. The van der Waals surface area contributed by atoms with Crippen LogP contribution in [0.1, 0.15) is 33.6 Å². The summed E-state index contributed by atoms with van der Waals surface area (Å²) in [5, 5.41) is 0. The van der Waals surface area contributed by atoms with Gasteiger partial charge >= 0.3 is 0 Å². The molecule has 0 aromatic carbocycles. The van der Waals surface area contributed by atoms with Gasteiger partial charge in [-0.2, -0.15) is 0 Å². The summed E-state index contributed by atoms with van der Waals surface area (Å²) in [6, 6.07) is 0. The summed E-state index contributed by atoms with van der Waals surface area (Å²) in [6.07, 6.45) is 4.30. The Morgan fingerprint density at radius 3 is 2.36 bits per heavy atom. The SMILES string of the molecule is C=C(N)/C=C(/CCC)C(C)C. The van der Waals surface area contributed by atoms with Crippen molar-refractivity contribution in [1.82, 2.24) is 0 Å². The van der Waals surface area contributed by atoms with Gasteiger partial charge in [0.15, 0.2) is 0 Å². The average Bonchev–Trinajstić information content (AvgIpc) is 1.86. The van der Waals surface area contributed by atoms with Crippen LogP contribution in [0.3, 0.4) is 0 Å². The smallest absolute Gasteiger partial charge is 0.0240 e. The normalized spacial score (nSPS) is 12.2. The summed E-state index contributed by atoms with van der Waals surface area (Å²) in [6.45, 7) is 10.2. The van der Waals surface area contributed by atoms with E-state index in [4.69, 9.17) is 5.73 Å². The molecule has 0 spiro atoms. The van der Waals surface area contributed by atoms with E-state index in [9.17, 15) is 0 Å². The zero-order valence-corrected chi connectivity index (χ0v) is 7.85. The Labute approximate surface area is 70.0 Å². The van der Waals surface area contributed by atoms with Crippen LogP contribution in [0, 0.1) is 5.92 Å². The second kappa shape index (κ2) is 5.00. The standard InChI is InChI=1S/C10H19N/c1-5-6-10(8(2)3)7-9(4)11/h7-8H,4-6,11H2,1-3H3/b10-7-. The van der Waals surface area contributed by atoms with E-state index >= 15 is 0 Å². The minimum Gasteiger partial charge on any atom is -0.399 e. The highest BCUT2D eigenvalue weighted by Crippen LogP contribution is 2.16. The first-order valence-electron chi connectivity index (χ1n) is 4.22. The van der Waals surface area contributed by atoms with Crippen molar-refractivity contribution in [2.45, 2.75) is 33.6 Å². The molecule has 0 unspecified atom stereocenters. The fourth-order valence-electron chi connectivity index (χ4n) is 1.05. The Morgan fingerprint density at radius 2 is 2.09 bits per heavy atom. The zero-order chi connectivity index (χ0) is 8.85. The van der Waals surface area contributed by atoms with E-state index in [1.165, 1.54) is 12.0 Å². The Morgan fingerprint density at radius 1 is 1.55 bits per heavy atom. The topological polar surface area (TPSA) is 26.0 Å². The highest BCUT2D eigenvalue weighted by atomic mass is 14.5. The third-order valence-corrected chi connectivity index (χ3v) is 1.65. The second-order valence-corrected chi connectivity index (χ2v) is 3.20. The molecule has 0 rings (SSSR count). The lowest BCUT2D eigenvalue weighted by Gasteiger charge is -2.09. The molecule has 0 radical (unpaired) electrons. The average molecular weight is 153 g/mol. The van der Waals surface area contributed by atoms with Crippen LogP contribution in [0.5, 0.6) is 0 Å². The third-order valence-electron chi connectivity index (χ3n) is 1.65. The predicted molar refractivity (Wildman–Crippen MR) is 51.2 cm³/mol. The lowest BCUT2D eigenvalue weighted by molar-refractivity contribution is 0.700. The van der Waals surface area contributed by atoms with Gasteiger partial charge in [0.25, 0.3) is 0 Å². The van der Waals surface area contributed by atoms with Gasteiger partial charge in [-0.3, -0.25) is 0 Å². The molecule has 0 atom stereocenters. The molecule has 0 amide bonds. The van der Waals surface area contributed by atoms with E-state index in [0.717, 1.165) is 6.42 Å². The highest BCUT2D eigenvalue weighted by Gasteiger charge is 2.00. The van der Waals surface area contributed by atoms with Gasteiger partial charge in [-0.25, -0.2) is 0 Å². The lowest BCUT2D eigenvalue weighted by Crippen LogP contribution is -1.98. The molecule has 1 nitrogen and oxygen atoms in total. The Bertz CT molecular complexity index is 154. The van der Waals surface area contributed by atoms with Crippen molar-refractivity contribution in [1.29, 1.82) is 0 Å². The van der Waals surface area contributed by atoms with Gasteiger partial charge in [0, 0.05) is 5.70 Å². The van der Waals surface area contributed by atoms with Crippen LogP contribution >= 0.6 is 0 Å². The molecule has 0 heterocycles. The van der Waals surface area contributed by atoms with E-state index in [1.54, 1.807) is 0 Å². The Hall–Kier alpha value is -0.720. The molecule has 0 aromatic heterocycles. The van der Waals surface area contributed by atoms with Crippen molar-refractivity contribution in [3.63, 3.8) is 0 Å². The van der Waals surface area contributed by atoms with Crippen LogP contribution in [0.15, 0.2) is 23.9 Å². The Kier molecular flexibility index (Phi) is 4.67. The van der Waals surface area contributed by atoms with Gasteiger partial charge in [0.05, 0.1) is 0 Å². The summed E-state index contributed by atoms with van der Waals surface area (Å²) >= 11 is 0. The minimum atomic E-state index is 0.593. The van der Waals surface area contributed by atoms with Gasteiger partial charge in [-0.1, -0.05) is 39.3 Å². The van der Waals surface area contributed by atoms with Gasteiger partial charge < -0.3 is 5.73 Å². The summed E-state index contributed by atoms with van der Waals surface area (Å²) in [7, 11) is 0. The van der Waals surface area contributed by atoms with Gasteiger partial charge in [-0.05, 0) is 18.4 Å². The minimum absolute atomic E-state index is 0.593. The van der Waals surface area contributed by atoms with Crippen LogP contribution < -0.4 is 5.73 Å². The van der Waals surface area contributed by atoms with E-state index < -0.39 is 0 Å². The van der Waals surface area contributed by atoms with Gasteiger partial charge in [0.2, 0.25) is 0 Å². The predicted octanol–water partition coefficient (Wildman–Crippen LogP) is 2.84. The van der Waals surface area contributed by atoms with E-state index in [0.29, 0.717) is 11.6 Å². The molecule has 0 saturated heterocycles. The maximum absolute atomic E-state index is 5.49. The summed E-state index contributed by atoms with van der Waals surface area (Å²) in [4.78, 5) is 0. The molecule has 0 aliphatic heterocycles. The molecular formula is C10H19N. The molecular weight excluding hydrogens is 134 g/mol. The monoisotopic (exact) mass is 153 g/mol. The maximum Gasteiger partial charge on any atom is 0.0240 e. The van der Waals surface area contributed by atoms with Crippen LogP contribution in [0.2, 0.25) is 0 Å². The highest BCUT2D eigenvalue weighted by molar-refractivity contribution is 5.19. The van der Waals surface area contributed by atoms with Crippen LogP contribution in [0.25, 0.3) is 0 Å². The lowest BCUT2D eigenvalue weighted by atomic mass is 9.98. The fourth-order valence-corrected chi connectivity index (χ4v) is 1.05. The molecule has 0 fully saturated rings. The van der Waals surface area contributed by atoms with Gasteiger partial charge in [-0.15, -0.1) is 0 Å². The van der Waals surface area contributed by atoms with Crippen molar-refractivity contribution in [2.75, 3.05) is 0 Å². The van der Waals surface area contributed by atoms with Crippen LogP contribution in [0.4, 0.5) is 0 Å². The largest absolute Gasteiger partial charge is 0.399 e. The number of allylic oxidation sites excluding steroid dienone is 2. The van der Waals surface area contributed by atoms with Crippen molar-refractivity contribution in [3.05, 3.63) is 23.9 Å². The number of hydrogen-bond donors (Lipinski definition) is 1. The number of rotatable bonds is 4. The van der Waals surface area contributed by atoms with E-state index in [1.807, 2.05) is 6.08 Å².